The Kier molecular flexibility index (Phi) is 6.13. The van der Waals surface area contributed by atoms with Crippen LogP contribution in [0, 0.1) is 0 Å². The van der Waals surface area contributed by atoms with E-state index in [4.69, 9.17) is 9.47 Å². The zero-order valence-corrected chi connectivity index (χ0v) is 17.6. The lowest BCUT2D eigenvalue weighted by Gasteiger charge is -2.11. The van der Waals surface area contributed by atoms with Crippen LogP contribution < -0.4 is 4.74 Å². The Morgan fingerprint density at radius 1 is 1.03 bits per heavy atom. The number of rotatable bonds is 7. The molecule has 4 aromatic rings. The summed E-state index contributed by atoms with van der Waals surface area (Å²) in [4.78, 5) is 17.3. The number of benzene rings is 3. The second kappa shape index (κ2) is 9.30. The Morgan fingerprint density at radius 3 is 2.58 bits per heavy atom. The van der Waals surface area contributed by atoms with E-state index in [1.54, 1.807) is 20.2 Å². The molecular weight excluding hydrogens is 388 g/mol. The molecule has 5 nitrogen and oxygen atoms in total. The van der Waals surface area contributed by atoms with Crippen LogP contribution in [0.3, 0.4) is 0 Å². The molecule has 0 bridgehead atoms. The van der Waals surface area contributed by atoms with E-state index in [2.05, 4.69) is 17.1 Å². The van der Waals surface area contributed by atoms with Gasteiger partial charge in [0.05, 0.1) is 13.7 Å². The number of carbonyl (C=O) groups is 1. The Balaban J connectivity index is 1.74. The van der Waals surface area contributed by atoms with Gasteiger partial charge in [0, 0.05) is 18.9 Å². The van der Waals surface area contributed by atoms with Crippen LogP contribution >= 0.6 is 0 Å². The number of ether oxygens (including phenoxy) is 2. The van der Waals surface area contributed by atoms with E-state index in [0.29, 0.717) is 24.5 Å². The molecule has 0 atom stereocenters. The molecule has 0 spiro atoms. The van der Waals surface area contributed by atoms with Crippen LogP contribution in [0.5, 0.6) is 5.75 Å². The molecule has 0 aliphatic rings. The van der Waals surface area contributed by atoms with E-state index in [1.165, 1.54) is 0 Å². The minimum Gasteiger partial charge on any atom is -0.497 e. The summed E-state index contributed by atoms with van der Waals surface area (Å²) >= 11 is 0. The Morgan fingerprint density at radius 2 is 1.81 bits per heavy atom. The number of hydrogen-bond acceptors (Lipinski definition) is 4. The molecule has 0 fully saturated rings. The first-order valence-electron chi connectivity index (χ1n) is 10.2. The van der Waals surface area contributed by atoms with Crippen molar-refractivity contribution in [3.05, 3.63) is 96.1 Å². The standard InChI is InChI=1S/C26H24N2O3/c1-3-31-26(29)24(25-27-13-14-28(25)18-19-7-5-4-6-8-19)16-20-9-10-22-17-23(30-2)12-11-21(22)15-20/h4-17H,3,18H2,1-2H3. The SMILES string of the molecule is CCOC(=O)C(=Cc1ccc2cc(OC)ccc2c1)c1nccn1Cc1ccccc1. The molecular formula is C26H24N2O3. The van der Waals surface area contributed by atoms with Gasteiger partial charge in [-0.1, -0.05) is 48.5 Å². The largest absolute Gasteiger partial charge is 0.497 e. The fourth-order valence-electron chi connectivity index (χ4n) is 3.51. The predicted molar refractivity (Wildman–Crippen MR) is 123 cm³/mol. The average Bonchev–Trinajstić information content (AvgIpc) is 3.25. The third-order valence-electron chi connectivity index (χ3n) is 5.03. The first-order chi connectivity index (χ1) is 15.2. The van der Waals surface area contributed by atoms with Gasteiger partial charge >= 0.3 is 5.97 Å². The maximum atomic E-state index is 12.8. The average molecular weight is 412 g/mol. The van der Waals surface area contributed by atoms with Gasteiger partial charge in [-0.25, -0.2) is 9.78 Å². The Bertz CT molecular complexity index is 1230. The molecule has 156 valence electrons. The number of hydrogen-bond donors (Lipinski definition) is 0. The zero-order chi connectivity index (χ0) is 21.6. The lowest BCUT2D eigenvalue weighted by Crippen LogP contribution is -2.12. The van der Waals surface area contributed by atoms with Crippen LogP contribution in [0.1, 0.15) is 23.9 Å². The van der Waals surface area contributed by atoms with Crippen LogP contribution in [0.2, 0.25) is 0 Å². The molecule has 0 unspecified atom stereocenters. The number of imidazole rings is 1. The minimum absolute atomic E-state index is 0.299. The van der Waals surface area contributed by atoms with Crippen LogP contribution in [0.4, 0.5) is 0 Å². The summed E-state index contributed by atoms with van der Waals surface area (Å²) in [5.41, 5.74) is 2.45. The van der Waals surface area contributed by atoms with Gasteiger partial charge in [-0.3, -0.25) is 0 Å². The van der Waals surface area contributed by atoms with Crippen molar-refractivity contribution >= 4 is 28.4 Å². The minimum atomic E-state index is -0.391. The normalized spacial score (nSPS) is 11.5. The molecule has 1 heterocycles. The van der Waals surface area contributed by atoms with Crippen LogP contribution in [-0.4, -0.2) is 29.2 Å². The molecule has 4 rings (SSSR count). The van der Waals surface area contributed by atoms with Crippen molar-refractivity contribution in [3.8, 4) is 5.75 Å². The smallest absolute Gasteiger partial charge is 0.341 e. The van der Waals surface area contributed by atoms with E-state index in [9.17, 15) is 4.79 Å². The molecule has 0 aliphatic heterocycles. The lowest BCUT2D eigenvalue weighted by molar-refractivity contribution is -0.136. The molecule has 5 heteroatoms. The van der Waals surface area contributed by atoms with Crippen molar-refractivity contribution < 1.29 is 14.3 Å². The van der Waals surface area contributed by atoms with Crippen molar-refractivity contribution in [2.75, 3.05) is 13.7 Å². The van der Waals surface area contributed by atoms with Crippen molar-refractivity contribution in [2.24, 2.45) is 0 Å². The molecule has 0 radical (unpaired) electrons. The number of methoxy groups -OCH3 is 1. The summed E-state index contributed by atoms with van der Waals surface area (Å²) in [7, 11) is 1.65. The van der Waals surface area contributed by atoms with E-state index < -0.39 is 5.97 Å². The molecule has 31 heavy (non-hydrogen) atoms. The van der Waals surface area contributed by atoms with Crippen LogP contribution in [0.25, 0.3) is 22.4 Å². The van der Waals surface area contributed by atoms with Crippen LogP contribution in [0.15, 0.2) is 79.1 Å². The number of carbonyl (C=O) groups excluding carboxylic acids is 1. The van der Waals surface area contributed by atoms with Gasteiger partial charge in [-0.15, -0.1) is 0 Å². The van der Waals surface area contributed by atoms with Gasteiger partial charge in [-0.2, -0.15) is 0 Å². The Labute approximate surface area is 181 Å². The van der Waals surface area contributed by atoms with Gasteiger partial charge in [0.25, 0.3) is 0 Å². The van der Waals surface area contributed by atoms with Crippen LogP contribution in [-0.2, 0) is 16.1 Å². The summed E-state index contributed by atoms with van der Waals surface area (Å²) in [6, 6.07) is 22.0. The van der Waals surface area contributed by atoms with Crippen molar-refractivity contribution in [3.63, 3.8) is 0 Å². The molecule has 0 amide bonds. The first-order valence-corrected chi connectivity index (χ1v) is 10.2. The summed E-state index contributed by atoms with van der Waals surface area (Å²) in [6.07, 6.45) is 5.42. The monoisotopic (exact) mass is 412 g/mol. The van der Waals surface area contributed by atoms with Gasteiger partial charge in [0.1, 0.15) is 17.1 Å². The second-order valence-corrected chi connectivity index (χ2v) is 7.12. The van der Waals surface area contributed by atoms with Gasteiger partial charge in [0.15, 0.2) is 0 Å². The molecule has 0 N–H and O–H groups in total. The summed E-state index contributed by atoms with van der Waals surface area (Å²) in [6.45, 7) is 2.72. The highest BCUT2D eigenvalue weighted by molar-refractivity contribution is 6.20. The highest BCUT2D eigenvalue weighted by Crippen LogP contribution is 2.25. The maximum Gasteiger partial charge on any atom is 0.341 e. The fraction of sp³-hybridized carbons (Fsp3) is 0.154. The van der Waals surface area contributed by atoms with Crippen molar-refractivity contribution in [1.29, 1.82) is 0 Å². The quantitative estimate of drug-likeness (QED) is 0.309. The predicted octanol–water partition coefficient (Wildman–Crippen LogP) is 5.20. The third-order valence-corrected chi connectivity index (χ3v) is 5.03. The van der Waals surface area contributed by atoms with E-state index in [0.717, 1.165) is 27.6 Å². The second-order valence-electron chi connectivity index (χ2n) is 7.12. The zero-order valence-electron chi connectivity index (χ0n) is 17.6. The molecule has 0 aliphatic carbocycles. The highest BCUT2D eigenvalue weighted by Gasteiger charge is 2.19. The van der Waals surface area contributed by atoms with Crippen molar-refractivity contribution in [2.45, 2.75) is 13.5 Å². The first kappa shape index (κ1) is 20.4. The summed E-state index contributed by atoms with van der Waals surface area (Å²) < 4.78 is 12.6. The molecule has 0 saturated heterocycles. The highest BCUT2D eigenvalue weighted by atomic mass is 16.5. The maximum absolute atomic E-state index is 12.8. The number of nitrogens with zero attached hydrogens (tertiary/aromatic N) is 2. The number of esters is 1. The van der Waals surface area contributed by atoms with Gasteiger partial charge < -0.3 is 14.0 Å². The fourth-order valence-corrected chi connectivity index (χ4v) is 3.51. The topological polar surface area (TPSA) is 53.4 Å². The van der Waals surface area contributed by atoms with Crippen molar-refractivity contribution in [1.82, 2.24) is 9.55 Å². The lowest BCUT2D eigenvalue weighted by atomic mass is 10.0. The third kappa shape index (κ3) is 4.67. The summed E-state index contributed by atoms with van der Waals surface area (Å²) in [5.74, 6) is 1.00. The molecule has 0 saturated carbocycles. The Hall–Kier alpha value is -3.86. The van der Waals surface area contributed by atoms with E-state index >= 15 is 0 Å². The van der Waals surface area contributed by atoms with E-state index in [1.807, 2.05) is 71.4 Å². The molecule has 1 aromatic heterocycles. The van der Waals surface area contributed by atoms with Gasteiger partial charge in [-0.05, 0) is 53.1 Å². The van der Waals surface area contributed by atoms with E-state index in [-0.39, 0.29) is 0 Å². The molecule has 3 aromatic carbocycles. The number of aromatic nitrogens is 2. The number of fused-ring (bicyclic) bond motifs is 1. The van der Waals surface area contributed by atoms with Gasteiger partial charge in [0.2, 0.25) is 0 Å². The summed E-state index contributed by atoms with van der Waals surface area (Å²) in [5, 5.41) is 2.13.